The van der Waals surface area contributed by atoms with Crippen LogP contribution in [0.25, 0.3) is 0 Å². The van der Waals surface area contributed by atoms with Crippen molar-refractivity contribution in [1.82, 2.24) is 4.57 Å². The van der Waals surface area contributed by atoms with Gasteiger partial charge in [-0.15, -0.1) is 0 Å². The fourth-order valence-corrected chi connectivity index (χ4v) is 1.09. The second-order valence-corrected chi connectivity index (χ2v) is 2.64. The SMILES string of the molecule is C=CCn1cc[n+](CCC)c1.[I-]. The number of nitrogens with zero attached hydrogens (tertiary/aromatic N) is 2. The standard InChI is InChI=1S/C9H15N2.HI/c1-3-5-10-7-8-11(9-10)6-4-2;/h3,7-9H,1,4-6H2,2H3;1H/q+1;/p-1. The zero-order chi connectivity index (χ0) is 8.10. The first-order valence-electron chi connectivity index (χ1n) is 4.02. The molecule has 12 heavy (non-hydrogen) atoms. The predicted octanol–water partition coefficient (Wildman–Crippen LogP) is -1.62. The van der Waals surface area contributed by atoms with Gasteiger partial charge in [-0.25, -0.2) is 9.13 Å². The fraction of sp³-hybridized carbons (Fsp3) is 0.444. The molecule has 0 unspecified atom stereocenters. The van der Waals surface area contributed by atoms with E-state index in [1.54, 1.807) is 0 Å². The molecule has 0 aliphatic heterocycles. The topological polar surface area (TPSA) is 8.81 Å². The summed E-state index contributed by atoms with van der Waals surface area (Å²) in [7, 11) is 0. The lowest BCUT2D eigenvalue weighted by atomic mass is 10.5. The number of aromatic nitrogens is 2. The Kier molecular flexibility index (Phi) is 6.06. The van der Waals surface area contributed by atoms with Gasteiger partial charge in [-0.05, 0) is 6.42 Å². The van der Waals surface area contributed by atoms with Crippen molar-refractivity contribution < 1.29 is 28.5 Å². The van der Waals surface area contributed by atoms with E-state index < -0.39 is 0 Å². The van der Waals surface area contributed by atoms with Crippen LogP contribution in [-0.4, -0.2) is 4.57 Å². The third kappa shape index (κ3) is 3.38. The number of imidazole rings is 1. The molecule has 0 bridgehead atoms. The first-order valence-corrected chi connectivity index (χ1v) is 4.02. The summed E-state index contributed by atoms with van der Waals surface area (Å²) >= 11 is 0. The van der Waals surface area contributed by atoms with E-state index in [0.717, 1.165) is 13.1 Å². The quantitative estimate of drug-likeness (QED) is 0.355. The van der Waals surface area contributed by atoms with Crippen LogP contribution < -0.4 is 28.5 Å². The molecule has 0 saturated carbocycles. The summed E-state index contributed by atoms with van der Waals surface area (Å²) in [6.07, 6.45) is 9.34. The molecular weight excluding hydrogens is 263 g/mol. The molecule has 68 valence electrons. The molecule has 0 saturated heterocycles. The lowest BCUT2D eigenvalue weighted by Crippen LogP contribution is -3.00. The number of allylic oxidation sites excluding steroid dienone is 1. The van der Waals surface area contributed by atoms with Crippen molar-refractivity contribution in [3.8, 4) is 0 Å². The minimum atomic E-state index is 0. The van der Waals surface area contributed by atoms with E-state index >= 15 is 0 Å². The molecule has 1 aromatic heterocycles. The maximum atomic E-state index is 3.68. The largest absolute Gasteiger partial charge is 1.00 e. The average Bonchev–Trinajstić information content (AvgIpc) is 2.38. The summed E-state index contributed by atoms with van der Waals surface area (Å²) in [5, 5.41) is 0. The number of hydrogen-bond acceptors (Lipinski definition) is 0. The van der Waals surface area contributed by atoms with Gasteiger partial charge in [-0.1, -0.05) is 19.6 Å². The van der Waals surface area contributed by atoms with Crippen LogP contribution in [0.15, 0.2) is 31.4 Å². The van der Waals surface area contributed by atoms with E-state index in [0.29, 0.717) is 0 Å². The first-order chi connectivity index (χ1) is 5.36. The lowest BCUT2D eigenvalue weighted by molar-refractivity contribution is -0.696. The Morgan fingerprint density at radius 2 is 2.33 bits per heavy atom. The van der Waals surface area contributed by atoms with Crippen LogP contribution in [0.5, 0.6) is 0 Å². The number of halogens is 1. The zero-order valence-corrected chi connectivity index (χ0v) is 9.57. The van der Waals surface area contributed by atoms with E-state index in [1.807, 2.05) is 6.08 Å². The Balaban J connectivity index is 0.00000121. The number of hydrogen-bond donors (Lipinski definition) is 0. The smallest absolute Gasteiger partial charge is 0.244 e. The van der Waals surface area contributed by atoms with Gasteiger partial charge in [0, 0.05) is 0 Å². The van der Waals surface area contributed by atoms with Gasteiger partial charge in [-0.2, -0.15) is 0 Å². The Morgan fingerprint density at radius 3 is 2.92 bits per heavy atom. The normalized spacial score (nSPS) is 9.08. The van der Waals surface area contributed by atoms with Crippen LogP contribution in [0.3, 0.4) is 0 Å². The van der Waals surface area contributed by atoms with E-state index in [-0.39, 0.29) is 24.0 Å². The van der Waals surface area contributed by atoms with Gasteiger partial charge in [0.25, 0.3) is 0 Å². The van der Waals surface area contributed by atoms with Crippen molar-refractivity contribution in [2.45, 2.75) is 26.4 Å². The molecule has 0 N–H and O–H groups in total. The Labute approximate surface area is 90.9 Å². The molecule has 1 heterocycles. The summed E-state index contributed by atoms with van der Waals surface area (Å²) in [5.41, 5.74) is 0. The number of rotatable bonds is 4. The molecule has 0 atom stereocenters. The van der Waals surface area contributed by atoms with E-state index in [2.05, 4.69) is 41.4 Å². The molecular formula is C9H15IN2. The molecule has 0 fully saturated rings. The second-order valence-electron chi connectivity index (χ2n) is 2.64. The summed E-state index contributed by atoms with van der Waals surface area (Å²) in [6.45, 7) is 7.86. The van der Waals surface area contributed by atoms with Gasteiger partial charge >= 0.3 is 0 Å². The Morgan fingerprint density at radius 1 is 1.58 bits per heavy atom. The molecule has 0 aliphatic carbocycles. The van der Waals surface area contributed by atoms with Crippen LogP contribution in [-0.2, 0) is 13.1 Å². The van der Waals surface area contributed by atoms with E-state index in [1.165, 1.54) is 6.42 Å². The fourth-order valence-electron chi connectivity index (χ4n) is 1.09. The molecule has 0 amide bonds. The summed E-state index contributed by atoms with van der Waals surface area (Å²) in [5.74, 6) is 0. The molecule has 0 radical (unpaired) electrons. The highest BCUT2D eigenvalue weighted by Gasteiger charge is 1.98. The van der Waals surface area contributed by atoms with Crippen molar-refractivity contribution in [3.63, 3.8) is 0 Å². The maximum Gasteiger partial charge on any atom is 0.244 e. The molecule has 2 nitrogen and oxygen atoms in total. The Hall–Kier alpha value is -0.320. The lowest BCUT2D eigenvalue weighted by Gasteiger charge is -1.88. The molecule has 3 heteroatoms. The van der Waals surface area contributed by atoms with Crippen molar-refractivity contribution >= 4 is 0 Å². The van der Waals surface area contributed by atoms with Crippen molar-refractivity contribution in [2.75, 3.05) is 0 Å². The minimum absolute atomic E-state index is 0. The van der Waals surface area contributed by atoms with Gasteiger partial charge in [0.05, 0.1) is 6.54 Å². The summed E-state index contributed by atoms with van der Waals surface area (Å²) in [4.78, 5) is 0. The second kappa shape index (κ2) is 6.22. The van der Waals surface area contributed by atoms with Gasteiger partial charge in [0.2, 0.25) is 6.33 Å². The van der Waals surface area contributed by atoms with Gasteiger partial charge in [-0.3, -0.25) is 0 Å². The van der Waals surface area contributed by atoms with Crippen LogP contribution in [0, 0.1) is 0 Å². The molecule has 0 aliphatic rings. The third-order valence-electron chi connectivity index (χ3n) is 1.57. The van der Waals surface area contributed by atoms with Crippen molar-refractivity contribution in [2.24, 2.45) is 0 Å². The van der Waals surface area contributed by atoms with Gasteiger partial charge in [0.1, 0.15) is 18.9 Å². The summed E-state index contributed by atoms with van der Waals surface area (Å²) in [6, 6.07) is 0. The van der Waals surface area contributed by atoms with E-state index in [9.17, 15) is 0 Å². The van der Waals surface area contributed by atoms with Crippen LogP contribution in [0.2, 0.25) is 0 Å². The van der Waals surface area contributed by atoms with Crippen LogP contribution in [0.4, 0.5) is 0 Å². The Bertz CT molecular complexity index is 230. The highest BCUT2D eigenvalue weighted by molar-refractivity contribution is 4.73. The van der Waals surface area contributed by atoms with Gasteiger partial charge in [0.15, 0.2) is 0 Å². The molecule has 0 aromatic carbocycles. The maximum absolute atomic E-state index is 3.68. The van der Waals surface area contributed by atoms with Crippen molar-refractivity contribution in [1.29, 1.82) is 0 Å². The highest BCUT2D eigenvalue weighted by Crippen LogP contribution is 1.85. The molecule has 1 rings (SSSR count). The number of aryl methyl sites for hydroxylation is 1. The third-order valence-corrected chi connectivity index (χ3v) is 1.57. The zero-order valence-electron chi connectivity index (χ0n) is 7.41. The van der Waals surface area contributed by atoms with Crippen LogP contribution in [0.1, 0.15) is 13.3 Å². The molecule has 0 spiro atoms. The van der Waals surface area contributed by atoms with E-state index in [4.69, 9.17) is 0 Å². The predicted molar refractivity (Wildman–Crippen MR) is 45.1 cm³/mol. The summed E-state index contributed by atoms with van der Waals surface area (Å²) < 4.78 is 4.30. The monoisotopic (exact) mass is 278 g/mol. The average molecular weight is 278 g/mol. The van der Waals surface area contributed by atoms with Crippen LogP contribution >= 0.6 is 0 Å². The highest BCUT2D eigenvalue weighted by atomic mass is 127. The first kappa shape index (κ1) is 11.7. The van der Waals surface area contributed by atoms with Gasteiger partial charge < -0.3 is 24.0 Å². The minimum Gasteiger partial charge on any atom is -1.00 e. The van der Waals surface area contributed by atoms with Crippen molar-refractivity contribution in [3.05, 3.63) is 31.4 Å². The molecule has 1 aromatic rings.